The second kappa shape index (κ2) is 6.43. The predicted molar refractivity (Wildman–Crippen MR) is 97.9 cm³/mol. The summed E-state index contributed by atoms with van der Waals surface area (Å²) in [6.07, 6.45) is -0.0167. The van der Waals surface area contributed by atoms with Crippen molar-refractivity contribution in [3.63, 3.8) is 0 Å². The Hall–Kier alpha value is -3.08. The molecular formula is C20H19N3O2. The van der Waals surface area contributed by atoms with E-state index in [-0.39, 0.29) is 12.1 Å². The van der Waals surface area contributed by atoms with Crippen LogP contribution in [-0.4, -0.2) is 35.1 Å². The number of aromatic nitrogens is 1. The minimum absolute atomic E-state index is 0.0167. The number of carbonyl (C=O) groups excluding carboxylic acids is 1. The molecule has 1 saturated heterocycles. The van der Waals surface area contributed by atoms with Gasteiger partial charge < -0.3 is 15.0 Å². The first-order valence-electron chi connectivity index (χ1n) is 8.32. The number of carbonyl (C=O) groups is 1. The molecule has 0 unspecified atom stereocenters. The standard InChI is InChI=1S/C20H19N3O2/c1-14-5-4-7-16(11-14)21-20(24)23-12-17(13-23)25-19-10-9-15-6-2-3-8-18(15)22-19/h2-11,17H,12-13H2,1H3,(H,21,24). The fourth-order valence-corrected chi connectivity index (χ4v) is 2.89. The van der Waals surface area contributed by atoms with Gasteiger partial charge in [-0.25, -0.2) is 9.78 Å². The van der Waals surface area contributed by atoms with Gasteiger partial charge in [-0.05, 0) is 36.8 Å². The van der Waals surface area contributed by atoms with Gasteiger partial charge in [0, 0.05) is 17.1 Å². The number of amides is 2. The Morgan fingerprint density at radius 1 is 1.12 bits per heavy atom. The molecule has 0 spiro atoms. The van der Waals surface area contributed by atoms with E-state index in [0.717, 1.165) is 22.2 Å². The lowest BCUT2D eigenvalue weighted by molar-refractivity contribution is 0.0463. The van der Waals surface area contributed by atoms with Crippen molar-refractivity contribution in [1.29, 1.82) is 0 Å². The van der Waals surface area contributed by atoms with Crippen LogP contribution in [0, 0.1) is 6.92 Å². The number of anilines is 1. The van der Waals surface area contributed by atoms with Gasteiger partial charge in [-0.15, -0.1) is 0 Å². The molecule has 5 heteroatoms. The number of ether oxygens (including phenoxy) is 1. The summed E-state index contributed by atoms with van der Waals surface area (Å²) in [5.74, 6) is 0.599. The third-order valence-corrected chi connectivity index (χ3v) is 4.26. The quantitative estimate of drug-likeness (QED) is 0.792. The van der Waals surface area contributed by atoms with Crippen molar-refractivity contribution in [3.8, 4) is 5.88 Å². The molecule has 0 radical (unpaired) electrons. The van der Waals surface area contributed by atoms with E-state index in [4.69, 9.17) is 4.74 Å². The van der Waals surface area contributed by atoms with Crippen LogP contribution in [-0.2, 0) is 0 Å². The van der Waals surface area contributed by atoms with Crippen LogP contribution in [0.5, 0.6) is 5.88 Å². The van der Waals surface area contributed by atoms with Gasteiger partial charge in [0.15, 0.2) is 0 Å². The molecule has 0 atom stereocenters. The summed E-state index contributed by atoms with van der Waals surface area (Å²) < 4.78 is 5.88. The van der Waals surface area contributed by atoms with Gasteiger partial charge in [-0.3, -0.25) is 0 Å². The van der Waals surface area contributed by atoms with Crippen molar-refractivity contribution in [3.05, 3.63) is 66.2 Å². The molecule has 2 aromatic carbocycles. The van der Waals surface area contributed by atoms with Crippen LogP contribution in [0.4, 0.5) is 10.5 Å². The van der Waals surface area contributed by atoms with E-state index in [1.165, 1.54) is 0 Å². The number of urea groups is 1. The highest BCUT2D eigenvalue weighted by molar-refractivity contribution is 5.90. The fraction of sp³-hybridized carbons (Fsp3) is 0.200. The highest BCUT2D eigenvalue weighted by Crippen LogP contribution is 2.21. The molecule has 25 heavy (non-hydrogen) atoms. The molecule has 126 valence electrons. The van der Waals surface area contributed by atoms with E-state index in [2.05, 4.69) is 10.3 Å². The molecule has 3 aromatic rings. The zero-order valence-corrected chi connectivity index (χ0v) is 14.0. The maximum absolute atomic E-state index is 12.2. The van der Waals surface area contributed by atoms with Crippen LogP contribution >= 0.6 is 0 Å². The molecule has 0 saturated carbocycles. The molecule has 1 aliphatic rings. The topological polar surface area (TPSA) is 54.5 Å². The zero-order chi connectivity index (χ0) is 17.2. The van der Waals surface area contributed by atoms with Gasteiger partial charge in [-0.2, -0.15) is 0 Å². The lowest BCUT2D eigenvalue weighted by atomic mass is 10.2. The summed E-state index contributed by atoms with van der Waals surface area (Å²) in [7, 11) is 0. The van der Waals surface area contributed by atoms with Crippen LogP contribution in [0.1, 0.15) is 5.56 Å². The lowest BCUT2D eigenvalue weighted by Crippen LogP contribution is -2.57. The van der Waals surface area contributed by atoms with Crippen LogP contribution in [0.25, 0.3) is 10.9 Å². The number of benzene rings is 2. The van der Waals surface area contributed by atoms with Gasteiger partial charge in [-0.1, -0.05) is 30.3 Å². The smallest absolute Gasteiger partial charge is 0.322 e. The number of pyridine rings is 1. The minimum atomic E-state index is -0.100. The average molecular weight is 333 g/mol. The largest absolute Gasteiger partial charge is 0.471 e. The van der Waals surface area contributed by atoms with Crippen LogP contribution in [0.2, 0.25) is 0 Å². The van der Waals surface area contributed by atoms with E-state index in [9.17, 15) is 4.79 Å². The number of rotatable bonds is 3. The predicted octanol–water partition coefficient (Wildman–Crippen LogP) is 3.84. The van der Waals surface area contributed by atoms with Gasteiger partial charge >= 0.3 is 6.03 Å². The molecule has 2 amide bonds. The third kappa shape index (κ3) is 3.40. The number of hydrogen-bond donors (Lipinski definition) is 1. The average Bonchev–Trinajstić information content (AvgIpc) is 2.57. The Morgan fingerprint density at radius 2 is 1.96 bits per heavy atom. The Morgan fingerprint density at radius 3 is 2.80 bits per heavy atom. The summed E-state index contributed by atoms with van der Waals surface area (Å²) in [4.78, 5) is 18.5. The Balaban J connectivity index is 1.32. The number of fused-ring (bicyclic) bond motifs is 1. The number of nitrogens with one attached hydrogen (secondary N) is 1. The maximum Gasteiger partial charge on any atom is 0.322 e. The highest BCUT2D eigenvalue weighted by atomic mass is 16.5. The summed E-state index contributed by atoms with van der Waals surface area (Å²) in [5, 5.41) is 3.99. The van der Waals surface area contributed by atoms with E-state index >= 15 is 0 Å². The lowest BCUT2D eigenvalue weighted by Gasteiger charge is -2.38. The molecule has 1 aliphatic heterocycles. The molecular weight excluding hydrogens is 314 g/mol. The van der Waals surface area contributed by atoms with Crippen molar-refractivity contribution < 1.29 is 9.53 Å². The van der Waals surface area contributed by atoms with E-state index in [0.29, 0.717) is 19.0 Å². The molecule has 0 bridgehead atoms. The summed E-state index contributed by atoms with van der Waals surface area (Å²) in [5.41, 5.74) is 2.84. The van der Waals surface area contributed by atoms with Crippen molar-refractivity contribution in [2.24, 2.45) is 0 Å². The monoisotopic (exact) mass is 333 g/mol. The van der Waals surface area contributed by atoms with E-state index in [1.54, 1.807) is 4.90 Å². The van der Waals surface area contributed by atoms with Gasteiger partial charge in [0.25, 0.3) is 0 Å². The van der Waals surface area contributed by atoms with Crippen LogP contribution < -0.4 is 10.1 Å². The van der Waals surface area contributed by atoms with Crippen LogP contribution in [0.3, 0.4) is 0 Å². The molecule has 1 fully saturated rings. The third-order valence-electron chi connectivity index (χ3n) is 4.26. The Labute approximate surface area is 146 Å². The number of aryl methyl sites for hydroxylation is 1. The summed E-state index contributed by atoms with van der Waals surface area (Å²) in [6, 6.07) is 19.5. The number of para-hydroxylation sites is 1. The SMILES string of the molecule is Cc1cccc(NC(=O)N2CC(Oc3ccc4ccccc4n3)C2)c1. The van der Waals surface area contributed by atoms with Crippen LogP contribution in [0.15, 0.2) is 60.7 Å². The van der Waals surface area contributed by atoms with Gasteiger partial charge in [0.1, 0.15) is 6.10 Å². The van der Waals surface area contributed by atoms with Crippen molar-refractivity contribution in [2.45, 2.75) is 13.0 Å². The first kappa shape index (κ1) is 15.4. The highest BCUT2D eigenvalue weighted by Gasteiger charge is 2.32. The van der Waals surface area contributed by atoms with E-state index < -0.39 is 0 Å². The Bertz CT molecular complexity index is 919. The summed E-state index contributed by atoms with van der Waals surface area (Å²) in [6.45, 7) is 3.12. The second-order valence-electron chi connectivity index (χ2n) is 6.29. The summed E-state index contributed by atoms with van der Waals surface area (Å²) >= 11 is 0. The van der Waals surface area contributed by atoms with E-state index in [1.807, 2.05) is 67.6 Å². The number of hydrogen-bond acceptors (Lipinski definition) is 3. The first-order chi connectivity index (χ1) is 12.2. The zero-order valence-electron chi connectivity index (χ0n) is 14.0. The molecule has 4 rings (SSSR count). The first-order valence-corrected chi connectivity index (χ1v) is 8.32. The van der Waals surface area contributed by atoms with Crippen molar-refractivity contribution >= 4 is 22.6 Å². The Kier molecular flexibility index (Phi) is 3.98. The number of likely N-dealkylation sites (tertiary alicyclic amines) is 1. The second-order valence-corrected chi connectivity index (χ2v) is 6.29. The number of nitrogens with zero attached hydrogens (tertiary/aromatic N) is 2. The molecule has 0 aliphatic carbocycles. The fourth-order valence-electron chi connectivity index (χ4n) is 2.89. The molecule has 1 aromatic heterocycles. The van der Waals surface area contributed by atoms with Crippen molar-refractivity contribution in [2.75, 3.05) is 18.4 Å². The molecule has 1 N–H and O–H groups in total. The minimum Gasteiger partial charge on any atom is -0.471 e. The van der Waals surface area contributed by atoms with Gasteiger partial charge in [0.2, 0.25) is 5.88 Å². The maximum atomic E-state index is 12.2. The van der Waals surface area contributed by atoms with Crippen molar-refractivity contribution in [1.82, 2.24) is 9.88 Å². The normalized spacial score (nSPS) is 14.2. The molecule has 2 heterocycles. The van der Waals surface area contributed by atoms with Gasteiger partial charge in [0.05, 0.1) is 18.6 Å². The molecule has 5 nitrogen and oxygen atoms in total.